The van der Waals surface area contributed by atoms with Gasteiger partial charge in [-0.3, -0.25) is 4.79 Å². The van der Waals surface area contributed by atoms with Crippen LogP contribution in [0, 0.1) is 6.92 Å². The van der Waals surface area contributed by atoms with Gasteiger partial charge in [0.2, 0.25) is 5.91 Å². The topological polar surface area (TPSA) is 58.1 Å². The molecule has 5 nitrogen and oxygen atoms in total. The standard InChI is InChI=1S/C22H28N4O/c1-3-7-19-23-16(2)14-20(24-19)26-12-10-22(11-13-26)15-18(21(27)25-22)17-8-5-4-6-9-17/h4-6,8-9,14,18H,3,7,10-13,15H2,1-2H3,(H,25,27)/t18-/m1/s1. The van der Waals surface area contributed by atoms with Gasteiger partial charge in [-0.1, -0.05) is 37.3 Å². The van der Waals surface area contributed by atoms with Crippen molar-refractivity contribution in [3.63, 3.8) is 0 Å². The van der Waals surface area contributed by atoms with E-state index < -0.39 is 0 Å². The third-order valence-corrected chi connectivity index (χ3v) is 5.91. The minimum absolute atomic E-state index is 0.0183. The highest BCUT2D eigenvalue weighted by Gasteiger charge is 2.46. The van der Waals surface area contributed by atoms with E-state index in [1.807, 2.05) is 25.1 Å². The summed E-state index contributed by atoms with van der Waals surface area (Å²) in [6.45, 7) is 6.03. The van der Waals surface area contributed by atoms with Gasteiger partial charge >= 0.3 is 0 Å². The highest BCUT2D eigenvalue weighted by atomic mass is 16.2. The van der Waals surface area contributed by atoms with Crippen LogP contribution >= 0.6 is 0 Å². The fourth-order valence-electron chi connectivity index (χ4n) is 4.44. The van der Waals surface area contributed by atoms with Crippen LogP contribution in [0.15, 0.2) is 36.4 Å². The molecule has 1 N–H and O–H groups in total. The van der Waals surface area contributed by atoms with E-state index in [2.05, 4.69) is 40.3 Å². The fourth-order valence-corrected chi connectivity index (χ4v) is 4.44. The number of aryl methyl sites for hydroxylation is 2. The molecule has 1 amide bonds. The van der Waals surface area contributed by atoms with Gasteiger partial charge in [0, 0.05) is 36.8 Å². The van der Waals surface area contributed by atoms with Gasteiger partial charge in [0.25, 0.3) is 0 Å². The van der Waals surface area contributed by atoms with Gasteiger partial charge in [-0.05, 0) is 38.2 Å². The number of benzene rings is 1. The van der Waals surface area contributed by atoms with Crippen LogP contribution in [-0.4, -0.2) is 34.5 Å². The quantitative estimate of drug-likeness (QED) is 0.904. The van der Waals surface area contributed by atoms with Crippen molar-refractivity contribution in [3.8, 4) is 0 Å². The number of aromatic nitrogens is 2. The van der Waals surface area contributed by atoms with Crippen molar-refractivity contribution in [2.45, 2.75) is 57.4 Å². The van der Waals surface area contributed by atoms with Crippen molar-refractivity contribution >= 4 is 11.7 Å². The van der Waals surface area contributed by atoms with Gasteiger partial charge in [-0.25, -0.2) is 9.97 Å². The molecule has 2 aliphatic rings. The van der Waals surface area contributed by atoms with E-state index in [0.717, 1.165) is 68.1 Å². The Balaban J connectivity index is 1.46. The molecule has 27 heavy (non-hydrogen) atoms. The smallest absolute Gasteiger partial charge is 0.228 e. The molecule has 2 aliphatic heterocycles. The zero-order valence-corrected chi connectivity index (χ0v) is 16.2. The van der Waals surface area contributed by atoms with Crippen LogP contribution in [0.4, 0.5) is 5.82 Å². The van der Waals surface area contributed by atoms with Crippen molar-refractivity contribution < 1.29 is 4.79 Å². The molecule has 0 unspecified atom stereocenters. The third kappa shape index (κ3) is 3.68. The largest absolute Gasteiger partial charge is 0.356 e. The lowest BCUT2D eigenvalue weighted by molar-refractivity contribution is -0.121. The fraction of sp³-hybridized carbons (Fsp3) is 0.500. The van der Waals surface area contributed by atoms with E-state index in [1.165, 1.54) is 0 Å². The number of piperidine rings is 1. The molecule has 5 heteroatoms. The van der Waals surface area contributed by atoms with Crippen molar-refractivity contribution in [1.29, 1.82) is 0 Å². The van der Waals surface area contributed by atoms with Crippen LogP contribution in [0.2, 0.25) is 0 Å². The Labute approximate surface area is 161 Å². The summed E-state index contributed by atoms with van der Waals surface area (Å²) < 4.78 is 0. The number of nitrogens with one attached hydrogen (secondary N) is 1. The maximum absolute atomic E-state index is 12.6. The first kappa shape index (κ1) is 18.0. The normalized spacial score (nSPS) is 21.5. The number of nitrogens with zero attached hydrogens (tertiary/aromatic N) is 3. The molecule has 1 aromatic heterocycles. The first-order valence-electron chi connectivity index (χ1n) is 10.0. The predicted octanol–water partition coefficient (Wildman–Crippen LogP) is 3.38. The average Bonchev–Trinajstić information content (AvgIpc) is 2.99. The average molecular weight is 364 g/mol. The predicted molar refractivity (Wildman–Crippen MR) is 107 cm³/mol. The summed E-state index contributed by atoms with van der Waals surface area (Å²) >= 11 is 0. The lowest BCUT2D eigenvalue weighted by atomic mass is 9.82. The summed E-state index contributed by atoms with van der Waals surface area (Å²) in [5, 5.41) is 3.33. The summed E-state index contributed by atoms with van der Waals surface area (Å²) in [7, 11) is 0. The zero-order valence-electron chi connectivity index (χ0n) is 16.2. The molecule has 0 bridgehead atoms. The highest BCUT2D eigenvalue weighted by molar-refractivity contribution is 5.87. The van der Waals surface area contributed by atoms with E-state index in [-0.39, 0.29) is 17.4 Å². The Bertz CT molecular complexity index is 812. The number of carbonyl (C=O) groups excluding carboxylic acids is 1. The minimum atomic E-state index is -0.0670. The molecule has 2 aromatic rings. The second-order valence-electron chi connectivity index (χ2n) is 7.96. The molecule has 142 valence electrons. The first-order chi connectivity index (χ1) is 13.1. The highest BCUT2D eigenvalue weighted by Crippen LogP contribution is 2.39. The van der Waals surface area contributed by atoms with Crippen molar-refractivity contribution in [2.75, 3.05) is 18.0 Å². The maximum atomic E-state index is 12.6. The Morgan fingerprint density at radius 3 is 2.63 bits per heavy atom. The Morgan fingerprint density at radius 1 is 1.19 bits per heavy atom. The van der Waals surface area contributed by atoms with E-state index in [9.17, 15) is 4.79 Å². The molecule has 4 rings (SSSR count). The molecule has 0 aliphatic carbocycles. The zero-order chi connectivity index (χ0) is 18.9. The van der Waals surface area contributed by atoms with E-state index in [4.69, 9.17) is 4.98 Å². The van der Waals surface area contributed by atoms with Gasteiger partial charge in [0.1, 0.15) is 11.6 Å². The third-order valence-electron chi connectivity index (χ3n) is 5.91. The SMILES string of the molecule is CCCc1nc(C)cc(N2CCC3(CC2)C[C@H](c2ccccc2)C(=O)N3)n1. The lowest BCUT2D eigenvalue weighted by Gasteiger charge is -2.40. The first-order valence-corrected chi connectivity index (χ1v) is 10.0. The second-order valence-corrected chi connectivity index (χ2v) is 7.96. The van der Waals surface area contributed by atoms with Gasteiger partial charge in [-0.2, -0.15) is 0 Å². The number of hydrogen-bond acceptors (Lipinski definition) is 4. The summed E-state index contributed by atoms with van der Waals surface area (Å²) in [6, 6.07) is 12.2. The Kier molecular flexibility index (Phi) is 4.85. The van der Waals surface area contributed by atoms with E-state index in [0.29, 0.717) is 0 Å². The number of amides is 1. The lowest BCUT2D eigenvalue weighted by Crippen LogP contribution is -2.51. The van der Waals surface area contributed by atoms with Crippen molar-refractivity contribution in [3.05, 3.63) is 53.5 Å². The summed E-state index contributed by atoms with van der Waals surface area (Å²) in [5.74, 6) is 2.13. The maximum Gasteiger partial charge on any atom is 0.228 e. The Hall–Kier alpha value is -2.43. The monoisotopic (exact) mass is 364 g/mol. The van der Waals surface area contributed by atoms with Gasteiger partial charge < -0.3 is 10.2 Å². The molecule has 1 atom stereocenters. The molecule has 2 fully saturated rings. The van der Waals surface area contributed by atoms with Crippen LogP contribution in [0.1, 0.15) is 55.6 Å². The van der Waals surface area contributed by atoms with Gasteiger partial charge in [0.05, 0.1) is 5.92 Å². The number of carbonyl (C=O) groups is 1. The minimum Gasteiger partial charge on any atom is -0.356 e. The molecule has 3 heterocycles. The molecular weight excluding hydrogens is 336 g/mol. The van der Waals surface area contributed by atoms with Crippen LogP contribution in [0.5, 0.6) is 0 Å². The number of hydrogen-bond donors (Lipinski definition) is 1. The van der Waals surface area contributed by atoms with Crippen LogP contribution in [0.3, 0.4) is 0 Å². The summed E-state index contributed by atoms with van der Waals surface area (Å²) in [5.41, 5.74) is 2.09. The van der Waals surface area contributed by atoms with Gasteiger partial charge in [0.15, 0.2) is 0 Å². The van der Waals surface area contributed by atoms with Gasteiger partial charge in [-0.15, -0.1) is 0 Å². The van der Waals surface area contributed by atoms with Crippen LogP contribution in [0.25, 0.3) is 0 Å². The molecule has 0 radical (unpaired) electrons. The van der Waals surface area contributed by atoms with E-state index in [1.54, 1.807) is 0 Å². The molecule has 2 saturated heterocycles. The Morgan fingerprint density at radius 2 is 1.93 bits per heavy atom. The van der Waals surface area contributed by atoms with E-state index >= 15 is 0 Å². The van der Waals surface area contributed by atoms with Crippen LogP contribution < -0.4 is 10.2 Å². The number of rotatable bonds is 4. The molecular formula is C22H28N4O. The molecule has 1 aromatic carbocycles. The second kappa shape index (κ2) is 7.29. The molecule has 0 saturated carbocycles. The van der Waals surface area contributed by atoms with Crippen molar-refractivity contribution in [1.82, 2.24) is 15.3 Å². The molecule has 1 spiro atoms. The van der Waals surface area contributed by atoms with Crippen molar-refractivity contribution in [2.24, 2.45) is 0 Å². The van der Waals surface area contributed by atoms with Crippen LogP contribution in [-0.2, 0) is 11.2 Å². The number of anilines is 1. The summed E-state index contributed by atoms with van der Waals surface area (Å²) in [6.07, 6.45) is 4.80. The summed E-state index contributed by atoms with van der Waals surface area (Å²) in [4.78, 5) is 24.3.